The van der Waals surface area contributed by atoms with Crippen molar-refractivity contribution in [1.29, 1.82) is 0 Å². The molecule has 0 aliphatic carbocycles. The Balaban J connectivity index is 2.21. The molecule has 0 aliphatic rings. The molecule has 0 atom stereocenters. The largest absolute Gasteiger partial charge is 0.370 e. The molecular weight excluding hydrogens is 269 g/mol. The van der Waals surface area contributed by atoms with E-state index in [4.69, 9.17) is 0 Å². The summed E-state index contributed by atoms with van der Waals surface area (Å²) in [6.45, 7) is 4.69. The molecule has 0 bridgehead atoms. The Morgan fingerprint density at radius 2 is 1.90 bits per heavy atom. The minimum Gasteiger partial charge on any atom is -0.370 e. The fourth-order valence-electron chi connectivity index (χ4n) is 1.91. The van der Waals surface area contributed by atoms with Crippen LogP contribution in [-0.4, -0.2) is 17.4 Å². The van der Waals surface area contributed by atoms with E-state index in [2.05, 4.69) is 15.6 Å². The van der Waals surface area contributed by atoms with E-state index in [1.165, 1.54) is 24.3 Å². The summed E-state index contributed by atoms with van der Waals surface area (Å²) in [5.41, 5.74) is 1.93. The molecule has 0 unspecified atom stereocenters. The van der Waals surface area contributed by atoms with E-state index in [1.54, 1.807) is 12.1 Å². The van der Waals surface area contributed by atoms with Crippen molar-refractivity contribution >= 4 is 17.4 Å². The predicted molar refractivity (Wildman–Crippen MR) is 82.1 cm³/mol. The van der Waals surface area contributed by atoms with Crippen LogP contribution >= 0.6 is 0 Å². The average molecular weight is 287 g/mol. The van der Waals surface area contributed by atoms with Crippen LogP contribution in [0.15, 0.2) is 36.4 Å². The zero-order chi connectivity index (χ0) is 15.2. The van der Waals surface area contributed by atoms with E-state index in [0.29, 0.717) is 17.1 Å². The number of amides is 1. The third-order valence-corrected chi connectivity index (χ3v) is 2.96. The maximum atomic E-state index is 12.9. The minimum absolute atomic E-state index is 0.238. The molecule has 0 radical (unpaired) electrons. The van der Waals surface area contributed by atoms with E-state index in [9.17, 15) is 9.18 Å². The number of aryl methyl sites for hydroxylation is 1. The summed E-state index contributed by atoms with van der Waals surface area (Å²) in [6, 6.07) is 9.15. The fraction of sp³-hybridized carbons (Fsp3) is 0.250. The number of rotatable bonds is 5. The number of anilines is 2. The number of nitrogens with zero attached hydrogens (tertiary/aromatic N) is 1. The first kappa shape index (κ1) is 15.0. The number of halogens is 1. The smallest absolute Gasteiger partial charge is 0.255 e. The predicted octanol–water partition coefficient (Wildman–Crippen LogP) is 3.47. The number of hydrogen-bond donors (Lipinski definition) is 2. The molecule has 0 fully saturated rings. The van der Waals surface area contributed by atoms with Crippen LogP contribution in [-0.2, 0) is 6.42 Å². The molecule has 0 aliphatic heterocycles. The fourth-order valence-corrected chi connectivity index (χ4v) is 1.91. The lowest BCUT2D eigenvalue weighted by atomic mass is 10.1. The molecule has 1 heterocycles. The van der Waals surface area contributed by atoms with Crippen LogP contribution in [0.1, 0.15) is 29.9 Å². The van der Waals surface area contributed by atoms with Crippen LogP contribution in [0.25, 0.3) is 0 Å². The number of pyridine rings is 1. The van der Waals surface area contributed by atoms with Crippen molar-refractivity contribution in [1.82, 2.24) is 4.98 Å². The summed E-state index contributed by atoms with van der Waals surface area (Å²) in [6.07, 6.45) is 0.746. The normalized spacial score (nSPS) is 10.2. The molecule has 0 saturated carbocycles. The molecule has 1 amide bonds. The zero-order valence-electron chi connectivity index (χ0n) is 12.1. The second-order valence-corrected chi connectivity index (χ2v) is 4.58. The number of hydrogen-bond acceptors (Lipinski definition) is 3. The van der Waals surface area contributed by atoms with Gasteiger partial charge in [0.25, 0.3) is 5.91 Å². The molecular formula is C16H18FN3O. The van der Waals surface area contributed by atoms with Crippen LogP contribution in [0, 0.1) is 5.82 Å². The van der Waals surface area contributed by atoms with Gasteiger partial charge in [0.15, 0.2) is 0 Å². The number of aromatic nitrogens is 1. The highest BCUT2D eigenvalue weighted by molar-refractivity contribution is 6.04. The molecule has 2 rings (SSSR count). The SMILES string of the molecule is CCNc1cc(C(=O)Nc2ccc(F)cc2)cc(CC)n1. The first-order chi connectivity index (χ1) is 10.1. The lowest BCUT2D eigenvalue weighted by Crippen LogP contribution is -2.14. The molecule has 2 N–H and O–H groups in total. The van der Waals surface area contributed by atoms with Gasteiger partial charge in [-0.05, 0) is 49.7 Å². The zero-order valence-corrected chi connectivity index (χ0v) is 12.1. The van der Waals surface area contributed by atoms with Crippen LogP contribution in [0.5, 0.6) is 0 Å². The maximum absolute atomic E-state index is 12.9. The Hall–Kier alpha value is -2.43. The van der Waals surface area contributed by atoms with Crippen molar-refractivity contribution in [3.63, 3.8) is 0 Å². The number of benzene rings is 1. The lowest BCUT2D eigenvalue weighted by Gasteiger charge is -2.09. The molecule has 110 valence electrons. The van der Waals surface area contributed by atoms with Gasteiger partial charge < -0.3 is 10.6 Å². The van der Waals surface area contributed by atoms with Crippen molar-refractivity contribution < 1.29 is 9.18 Å². The summed E-state index contributed by atoms with van der Waals surface area (Å²) < 4.78 is 12.9. The summed E-state index contributed by atoms with van der Waals surface area (Å²) >= 11 is 0. The molecule has 1 aromatic heterocycles. The Kier molecular flexibility index (Phi) is 4.87. The standard InChI is InChI=1S/C16H18FN3O/c1-3-13-9-11(10-15(19-13)18-4-2)16(21)20-14-7-5-12(17)6-8-14/h5-10H,3-4H2,1-2H3,(H,18,19)(H,20,21). The Morgan fingerprint density at radius 3 is 2.52 bits per heavy atom. The van der Waals surface area contributed by atoms with E-state index in [-0.39, 0.29) is 11.7 Å². The van der Waals surface area contributed by atoms with Gasteiger partial charge in [-0.2, -0.15) is 0 Å². The molecule has 0 saturated heterocycles. The lowest BCUT2D eigenvalue weighted by molar-refractivity contribution is 0.102. The summed E-state index contributed by atoms with van der Waals surface area (Å²) in [5.74, 6) is 0.110. The first-order valence-corrected chi connectivity index (χ1v) is 6.94. The van der Waals surface area contributed by atoms with Gasteiger partial charge in [-0.25, -0.2) is 9.37 Å². The average Bonchev–Trinajstić information content (AvgIpc) is 2.49. The second kappa shape index (κ2) is 6.83. The van der Waals surface area contributed by atoms with Gasteiger partial charge in [0.1, 0.15) is 11.6 Å². The topological polar surface area (TPSA) is 54.0 Å². The molecule has 21 heavy (non-hydrogen) atoms. The van der Waals surface area contributed by atoms with Crippen LogP contribution in [0.4, 0.5) is 15.9 Å². The molecule has 5 heteroatoms. The number of carbonyl (C=O) groups excluding carboxylic acids is 1. The first-order valence-electron chi connectivity index (χ1n) is 6.94. The highest BCUT2D eigenvalue weighted by atomic mass is 19.1. The molecule has 1 aromatic carbocycles. The van der Waals surface area contributed by atoms with Crippen molar-refractivity contribution in [2.24, 2.45) is 0 Å². The van der Waals surface area contributed by atoms with E-state index in [1.807, 2.05) is 13.8 Å². The maximum Gasteiger partial charge on any atom is 0.255 e. The Labute approximate surface area is 123 Å². The third kappa shape index (κ3) is 4.02. The molecule has 0 spiro atoms. The van der Waals surface area contributed by atoms with Gasteiger partial charge in [-0.1, -0.05) is 6.92 Å². The van der Waals surface area contributed by atoms with Crippen LogP contribution < -0.4 is 10.6 Å². The van der Waals surface area contributed by atoms with Crippen molar-refractivity contribution in [2.45, 2.75) is 20.3 Å². The van der Waals surface area contributed by atoms with Gasteiger partial charge >= 0.3 is 0 Å². The van der Waals surface area contributed by atoms with E-state index in [0.717, 1.165) is 18.7 Å². The Bertz CT molecular complexity index is 626. The van der Waals surface area contributed by atoms with Crippen LogP contribution in [0.2, 0.25) is 0 Å². The van der Waals surface area contributed by atoms with Crippen molar-refractivity contribution in [2.75, 3.05) is 17.2 Å². The van der Waals surface area contributed by atoms with Crippen molar-refractivity contribution in [3.05, 3.63) is 53.5 Å². The van der Waals surface area contributed by atoms with Gasteiger partial charge in [0.2, 0.25) is 0 Å². The monoisotopic (exact) mass is 287 g/mol. The van der Waals surface area contributed by atoms with Gasteiger partial charge in [0, 0.05) is 23.5 Å². The highest BCUT2D eigenvalue weighted by Gasteiger charge is 2.10. The third-order valence-electron chi connectivity index (χ3n) is 2.96. The summed E-state index contributed by atoms with van der Waals surface area (Å²) in [4.78, 5) is 16.7. The number of nitrogens with one attached hydrogen (secondary N) is 2. The van der Waals surface area contributed by atoms with Crippen LogP contribution in [0.3, 0.4) is 0 Å². The van der Waals surface area contributed by atoms with E-state index < -0.39 is 0 Å². The van der Waals surface area contributed by atoms with Gasteiger partial charge in [-0.15, -0.1) is 0 Å². The van der Waals surface area contributed by atoms with Gasteiger partial charge in [0.05, 0.1) is 0 Å². The Morgan fingerprint density at radius 1 is 1.19 bits per heavy atom. The molecule has 4 nitrogen and oxygen atoms in total. The quantitative estimate of drug-likeness (QED) is 0.885. The summed E-state index contributed by atoms with van der Waals surface area (Å²) in [5, 5.41) is 5.85. The van der Waals surface area contributed by atoms with Crippen molar-refractivity contribution in [3.8, 4) is 0 Å². The summed E-state index contributed by atoms with van der Waals surface area (Å²) in [7, 11) is 0. The minimum atomic E-state index is -0.334. The van der Waals surface area contributed by atoms with Gasteiger partial charge in [-0.3, -0.25) is 4.79 Å². The van der Waals surface area contributed by atoms with E-state index >= 15 is 0 Å². The number of carbonyl (C=O) groups is 1. The molecule has 2 aromatic rings. The second-order valence-electron chi connectivity index (χ2n) is 4.58. The highest BCUT2D eigenvalue weighted by Crippen LogP contribution is 2.14.